The van der Waals surface area contributed by atoms with Crippen molar-refractivity contribution in [3.63, 3.8) is 0 Å². The second kappa shape index (κ2) is 8.29. The van der Waals surface area contributed by atoms with E-state index in [0.29, 0.717) is 11.8 Å². The van der Waals surface area contributed by atoms with Gasteiger partial charge in [0.15, 0.2) is 0 Å². The molecule has 0 atom stereocenters. The summed E-state index contributed by atoms with van der Waals surface area (Å²) in [6.07, 6.45) is -0.129. The second-order valence-electron chi connectivity index (χ2n) is 5.34. The fourth-order valence-corrected chi connectivity index (χ4v) is 1.66. The molecule has 1 aromatic carbocycles. The molecule has 0 aromatic heterocycles. The Morgan fingerprint density at radius 3 is 2.10 bits per heavy atom. The number of anilines is 1. The van der Waals surface area contributed by atoms with Crippen LogP contribution in [0, 0.1) is 0 Å². The molecular formula is C16H23NO4. The smallest absolute Gasteiger partial charge is 0.311 e. The summed E-state index contributed by atoms with van der Waals surface area (Å²) in [5.41, 5.74) is 0.963. The van der Waals surface area contributed by atoms with Crippen LogP contribution in [0.1, 0.15) is 40.5 Å². The molecule has 0 saturated carbocycles. The van der Waals surface area contributed by atoms with Crippen molar-refractivity contribution in [2.75, 3.05) is 5.32 Å². The van der Waals surface area contributed by atoms with Crippen LogP contribution in [-0.4, -0.2) is 24.1 Å². The van der Waals surface area contributed by atoms with Crippen LogP contribution in [0.25, 0.3) is 0 Å². The molecule has 0 fully saturated rings. The first kappa shape index (κ1) is 17.0. The lowest BCUT2D eigenvalue weighted by atomic mass is 10.2. The van der Waals surface area contributed by atoms with Gasteiger partial charge in [0.2, 0.25) is 0 Å². The SMILES string of the molecule is CC(C)Nc1ccc(OC(=O)CCC(=O)OC(C)C)cc1. The van der Waals surface area contributed by atoms with E-state index in [9.17, 15) is 9.59 Å². The van der Waals surface area contributed by atoms with Crippen molar-refractivity contribution in [1.29, 1.82) is 0 Å². The van der Waals surface area contributed by atoms with Crippen molar-refractivity contribution < 1.29 is 19.1 Å². The number of carbonyl (C=O) groups excluding carboxylic acids is 2. The van der Waals surface area contributed by atoms with Gasteiger partial charge >= 0.3 is 11.9 Å². The lowest BCUT2D eigenvalue weighted by molar-refractivity contribution is -0.150. The molecule has 0 aliphatic rings. The molecule has 0 saturated heterocycles. The van der Waals surface area contributed by atoms with Gasteiger partial charge in [-0.25, -0.2) is 0 Å². The molecule has 116 valence electrons. The lowest BCUT2D eigenvalue weighted by Crippen LogP contribution is -2.15. The monoisotopic (exact) mass is 293 g/mol. The van der Waals surface area contributed by atoms with E-state index >= 15 is 0 Å². The van der Waals surface area contributed by atoms with Gasteiger partial charge in [0.25, 0.3) is 0 Å². The average molecular weight is 293 g/mol. The molecule has 5 nitrogen and oxygen atoms in total. The zero-order valence-electron chi connectivity index (χ0n) is 13.0. The van der Waals surface area contributed by atoms with E-state index < -0.39 is 11.9 Å². The quantitative estimate of drug-likeness (QED) is 0.618. The molecule has 1 aromatic rings. The van der Waals surface area contributed by atoms with Gasteiger partial charge in [-0.15, -0.1) is 0 Å². The predicted octanol–water partition coefficient (Wildman–Crippen LogP) is 3.14. The second-order valence-corrected chi connectivity index (χ2v) is 5.34. The van der Waals surface area contributed by atoms with Crippen LogP contribution < -0.4 is 10.1 Å². The first-order valence-corrected chi connectivity index (χ1v) is 7.13. The fraction of sp³-hybridized carbons (Fsp3) is 0.500. The van der Waals surface area contributed by atoms with Crippen molar-refractivity contribution in [3.05, 3.63) is 24.3 Å². The molecule has 0 radical (unpaired) electrons. The van der Waals surface area contributed by atoms with Crippen LogP contribution in [-0.2, 0) is 14.3 Å². The third-order valence-electron chi connectivity index (χ3n) is 2.44. The summed E-state index contributed by atoms with van der Waals surface area (Å²) in [6, 6.07) is 7.46. The van der Waals surface area contributed by atoms with E-state index in [0.717, 1.165) is 5.69 Å². The Bertz CT molecular complexity index is 466. The molecule has 0 bridgehead atoms. The predicted molar refractivity (Wildman–Crippen MR) is 81.3 cm³/mol. The summed E-state index contributed by atoms with van der Waals surface area (Å²) in [7, 11) is 0. The number of rotatable bonds is 7. The van der Waals surface area contributed by atoms with Gasteiger partial charge in [0.05, 0.1) is 18.9 Å². The van der Waals surface area contributed by atoms with Crippen LogP contribution in [0.4, 0.5) is 5.69 Å². The Labute approximate surface area is 125 Å². The maximum atomic E-state index is 11.6. The van der Waals surface area contributed by atoms with Gasteiger partial charge in [0.1, 0.15) is 5.75 Å². The maximum Gasteiger partial charge on any atom is 0.311 e. The van der Waals surface area contributed by atoms with Gasteiger partial charge in [0, 0.05) is 11.7 Å². The van der Waals surface area contributed by atoms with Crippen molar-refractivity contribution in [3.8, 4) is 5.75 Å². The van der Waals surface area contributed by atoms with Crippen molar-refractivity contribution in [1.82, 2.24) is 0 Å². The Morgan fingerprint density at radius 1 is 1.00 bits per heavy atom. The minimum absolute atomic E-state index is 0.0115. The number of nitrogens with one attached hydrogen (secondary N) is 1. The number of esters is 2. The number of carbonyl (C=O) groups is 2. The molecule has 0 aliphatic heterocycles. The van der Waals surface area contributed by atoms with Gasteiger partial charge in [-0.05, 0) is 52.0 Å². The highest BCUT2D eigenvalue weighted by atomic mass is 16.5. The van der Waals surface area contributed by atoms with Gasteiger partial charge in [-0.1, -0.05) is 0 Å². The van der Waals surface area contributed by atoms with E-state index in [2.05, 4.69) is 5.32 Å². The van der Waals surface area contributed by atoms with Crippen molar-refractivity contribution in [2.45, 2.75) is 52.7 Å². The van der Waals surface area contributed by atoms with E-state index in [1.54, 1.807) is 26.0 Å². The highest BCUT2D eigenvalue weighted by molar-refractivity contribution is 5.79. The number of hydrogen-bond donors (Lipinski definition) is 1. The summed E-state index contributed by atoms with van der Waals surface area (Å²) < 4.78 is 10.1. The number of ether oxygens (including phenoxy) is 2. The molecule has 0 spiro atoms. The minimum Gasteiger partial charge on any atom is -0.463 e. The van der Waals surface area contributed by atoms with E-state index in [-0.39, 0.29) is 18.9 Å². The summed E-state index contributed by atoms with van der Waals surface area (Å²) in [6.45, 7) is 7.63. The van der Waals surface area contributed by atoms with Crippen LogP contribution in [0.3, 0.4) is 0 Å². The standard InChI is InChI=1S/C16H23NO4/c1-11(2)17-13-5-7-14(8-6-13)21-16(19)10-9-15(18)20-12(3)4/h5-8,11-12,17H,9-10H2,1-4H3. The van der Waals surface area contributed by atoms with Crippen LogP contribution in [0.15, 0.2) is 24.3 Å². The first-order chi connectivity index (χ1) is 9.86. The summed E-state index contributed by atoms with van der Waals surface area (Å²) in [4.78, 5) is 22.9. The fourth-order valence-electron chi connectivity index (χ4n) is 1.66. The van der Waals surface area contributed by atoms with Crippen molar-refractivity contribution >= 4 is 17.6 Å². The number of benzene rings is 1. The van der Waals surface area contributed by atoms with Crippen molar-refractivity contribution in [2.24, 2.45) is 0 Å². The molecular weight excluding hydrogens is 270 g/mol. The topological polar surface area (TPSA) is 64.6 Å². The summed E-state index contributed by atoms with van der Waals surface area (Å²) in [5, 5.41) is 3.24. The highest BCUT2D eigenvalue weighted by Gasteiger charge is 2.11. The zero-order chi connectivity index (χ0) is 15.8. The molecule has 0 unspecified atom stereocenters. The largest absolute Gasteiger partial charge is 0.463 e. The Hall–Kier alpha value is -2.04. The lowest BCUT2D eigenvalue weighted by Gasteiger charge is -2.10. The van der Waals surface area contributed by atoms with E-state index in [4.69, 9.17) is 9.47 Å². The van der Waals surface area contributed by atoms with Gasteiger partial charge < -0.3 is 14.8 Å². The first-order valence-electron chi connectivity index (χ1n) is 7.13. The Kier molecular flexibility index (Phi) is 6.72. The number of hydrogen-bond acceptors (Lipinski definition) is 5. The molecule has 21 heavy (non-hydrogen) atoms. The van der Waals surface area contributed by atoms with Gasteiger partial charge in [-0.3, -0.25) is 9.59 Å². The Balaban J connectivity index is 2.39. The molecule has 0 aliphatic carbocycles. The summed E-state index contributed by atoms with van der Waals surface area (Å²) in [5.74, 6) is -0.370. The molecule has 0 amide bonds. The van der Waals surface area contributed by atoms with Crippen LogP contribution in [0.5, 0.6) is 5.75 Å². The zero-order valence-corrected chi connectivity index (χ0v) is 13.0. The van der Waals surface area contributed by atoms with E-state index in [1.165, 1.54) is 0 Å². The molecule has 5 heteroatoms. The minimum atomic E-state index is -0.444. The molecule has 1 rings (SSSR count). The molecule has 1 N–H and O–H groups in total. The highest BCUT2D eigenvalue weighted by Crippen LogP contribution is 2.17. The normalized spacial score (nSPS) is 10.6. The third kappa shape index (κ3) is 7.34. The van der Waals surface area contributed by atoms with Gasteiger partial charge in [-0.2, -0.15) is 0 Å². The molecule has 0 heterocycles. The maximum absolute atomic E-state index is 11.6. The third-order valence-corrected chi connectivity index (χ3v) is 2.44. The van der Waals surface area contributed by atoms with E-state index in [1.807, 2.05) is 26.0 Å². The Morgan fingerprint density at radius 2 is 1.57 bits per heavy atom. The average Bonchev–Trinajstić information content (AvgIpc) is 2.37. The van der Waals surface area contributed by atoms with Crippen LogP contribution in [0.2, 0.25) is 0 Å². The summed E-state index contributed by atoms with van der Waals surface area (Å²) >= 11 is 0. The van der Waals surface area contributed by atoms with Crippen LogP contribution >= 0.6 is 0 Å².